The Labute approximate surface area is 190 Å². The number of aromatic hydroxyl groups is 1. The number of fused-ring (bicyclic) bond motifs is 1. The Bertz CT molecular complexity index is 1230. The summed E-state index contributed by atoms with van der Waals surface area (Å²) in [5.74, 6) is -4.36. The zero-order chi connectivity index (χ0) is 24.3. The first-order valence-electron chi connectivity index (χ1n) is 9.75. The summed E-state index contributed by atoms with van der Waals surface area (Å²) in [4.78, 5) is 58.3. The van der Waals surface area contributed by atoms with E-state index in [0.29, 0.717) is 27.3 Å². The van der Waals surface area contributed by atoms with E-state index < -0.39 is 42.1 Å². The summed E-state index contributed by atoms with van der Waals surface area (Å²) >= 11 is 1.02. The fourth-order valence-corrected chi connectivity index (χ4v) is 4.43. The highest BCUT2D eigenvalue weighted by molar-refractivity contribution is 7.14. The van der Waals surface area contributed by atoms with Crippen molar-refractivity contribution in [3.05, 3.63) is 39.5 Å². The summed E-state index contributed by atoms with van der Waals surface area (Å²) in [6.07, 6.45) is 0.766. The van der Waals surface area contributed by atoms with Crippen molar-refractivity contribution in [3.8, 4) is 5.88 Å². The molecule has 0 aliphatic rings. The lowest BCUT2D eigenvalue weighted by Gasteiger charge is -2.14. The Balaban J connectivity index is 1.91. The van der Waals surface area contributed by atoms with Crippen LogP contribution in [0.3, 0.4) is 0 Å². The molecule has 2 atom stereocenters. The van der Waals surface area contributed by atoms with E-state index in [-0.39, 0.29) is 23.6 Å². The Morgan fingerprint density at radius 3 is 2.58 bits per heavy atom. The van der Waals surface area contributed by atoms with Crippen LogP contribution in [0, 0.1) is 6.92 Å². The van der Waals surface area contributed by atoms with Gasteiger partial charge in [0.15, 0.2) is 0 Å². The van der Waals surface area contributed by atoms with Gasteiger partial charge in [0.25, 0.3) is 5.91 Å². The third kappa shape index (κ3) is 5.44. The first-order chi connectivity index (χ1) is 15.6. The minimum Gasteiger partial charge on any atom is -0.493 e. The van der Waals surface area contributed by atoms with Crippen LogP contribution >= 0.6 is 11.3 Å². The Hall–Kier alpha value is -4.00. The zero-order valence-corrected chi connectivity index (χ0v) is 18.2. The maximum atomic E-state index is 12.6. The van der Waals surface area contributed by atoms with E-state index in [4.69, 9.17) is 10.8 Å². The number of carbonyl (C=O) groups is 4. The highest BCUT2D eigenvalue weighted by atomic mass is 32.1. The second kappa shape index (κ2) is 9.65. The van der Waals surface area contributed by atoms with Gasteiger partial charge in [0.1, 0.15) is 17.5 Å². The molecule has 0 spiro atoms. The molecule has 0 aliphatic heterocycles. The van der Waals surface area contributed by atoms with E-state index in [1.165, 1.54) is 6.07 Å². The molecule has 0 bridgehead atoms. The summed E-state index contributed by atoms with van der Waals surface area (Å²) in [5.41, 5.74) is 6.33. The van der Waals surface area contributed by atoms with Crippen LogP contribution in [0.5, 0.6) is 5.88 Å². The first-order valence-corrected chi connectivity index (χ1v) is 10.6. The number of aryl methyl sites for hydroxylation is 1. The van der Waals surface area contributed by atoms with E-state index in [1.54, 1.807) is 19.2 Å². The van der Waals surface area contributed by atoms with Gasteiger partial charge in [0, 0.05) is 29.8 Å². The van der Waals surface area contributed by atoms with Gasteiger partial charge in [0.2, 0.25) is 11.8 Å². The summed E-state index contributed by atoms with van der Waals surface area (Å²) in [7, 11) is 0. The van der Waals surface area contributed by atoms with Gasteiger partial charge in [-0.25, -0.2) is 9.78 Å². The number of aliphatic carboxylic acids is 2. The molecule has 3 aromatic heterocycles. The topological polar surface area (TPSA) is 209 Å². The van der Waals surface area contributed by atoms with Crippen molar-refractivity contribution in [3.63, 3.8) is 0 Å². The molecule has 33 heavy (non-hydrogen) atoms. The summed E-state index contributed by atoms with van der Waals surface area (Å²) in [5, 5.41) is 31.0. The number of hydrogen-bond donors (Lipinski definition) is 6. The average Bonchev–Trinajstić information content (AvgIpc) is 3.36. The van der Waals surface area contributed by atoms with Gasteiger partial charge in [-0.05, 0) is 31.0 Å². The molecule has 13 heteroatoms. The van der Waals surface area contributed by atoms with Crippen LogP contribution in [0.2, 0.25) is 0 Å². The number of hydrogen-bond acceptors (Lipinski definition) is 8. The number of carbonyl (C=O) groups excluding carboxylic acids is 2. The molecular formula is C20H21N5O7S. The van der Waals surface area contributed by atoms with Gasteiger partial charge < -0.3 is 31.4 Å². The zero-order valence-electron chi connectivity index (χ0n) is 17.4. The number of primary amides is 1. The van der Waals surface area contributed by atoms with Crippen LogP contribution in [0.15, 0.2) is 18.3 Å². The molecule has 3 heterocycles. The summed E-state index contributed by atoms with van der Waals surface area (Å²) in [6, 6.07) is 1.70. The fraction of sp³-hybridized carbons (Fsp3) is 0.300. The number of amides is 2. The van der Waals surface area contributed by atoms with Crippen LogP contribution in [0.25, 0.3) is 11.0 Å². The van der Waals surface area contributed by atoms with Crippen molar-refractivity contribution >= 4 is 46.1 Å². The predicted molar refractivity (Wildman–Crippen MR) is 116 cm³/mol. The highest BCUT2D eigenvalue weighted by Gasteiger charge is 2.27. The van der Waals surface area contributed by atoms with Crippen molar-refractivity contribution in [2.75, 3.05) is 0 Å². The van der Waals surface area contributed by atoms with Crippen LogP contribution in [0.1, 0.15) is 51.1 Å². The molecule has 0 saturated heterocycles. The number of carboxylic acid groups (broad SMARTS) is 2. The van der Waals surface area contributed by atoms with E-state index in [1.807, 2.05) is 0 Å². The van der Waals surface area contributed by atoms with E-state index >= 15 is 0 Å². The number of nitrogens with one attached hydrogen (secondary N) is 2. The second-order valence-electron chi connectivity index (χ2n) is 7.28. The van der Waals surface area contributed by atoms with Crippen LogP contribution in [0.4, 0.5) is 0 Å². The molecule has 1 unspecified atom stereocenters. The summed E-state index contributed by atoms with van der Waals surface area (Å²) in [6.45, 7) is 1.62. The third-order valence-electron chi connectivity index (χ3n) is 4.88. The molecule has 0 radical (unpaired) electrons. The molecule has 3 rings (SSSR count). The molecule has 0 aliphatic carbocycles. The van der Waals surface area contributed by atoms with E-state index in [9.17, 15) is 29.4 Å². The largest absolute Gasteiger partial charge is 0.493 e. The second-order valence-corrected chi connectivity index (χ2v) is 8.40. The highest BCUT2D eigenvalue weighted by Crippen LogP contribution is 2.38. The van der Waals surface area contributed by atoms with Gasteiger partial charge in [-0.15, -0.1) is 11.3 Å². The Morgan fingerprint density at radius 2 is 1.94 bits per heavy atom. The number of thiophene rings is 1. The van der Waals surface area contributed by atoms with E-state index in [0.717, 1.165) is 11.3 Å². The maximum absolute atomic E-state index is 12.6. The molecule has 7 N–H and O–H groups in total. The molecule has 2 amide bonds. The number of nitrogens with two attached hydrogens (primary N) is 1. The minimum atomic E-state index is -1.37. The number of H-pyrrole nitrogens is 1. The lowest BCUT2D eigenvalue weighted by molar-refractivity contribution is -0.140. The van der Waals surface area contributed by atoms with Crippen molar-refractivity contribution in [2.45, 2.75) is 38.1 Å². The lowest BCUT2D eigenvalue weighted by Crippen LogP contribution is -2.40. The van der Waals surface area contributed by atoms with E-state index in [2.05, 4.69) is 20.3 Å². The van der Waals surface area contributed by atoms with Gasteiger partial charge in [0.05, 0.1) is 10.3 Å². The molecule has 3 aromatic rings. The van der Waals surface area contributed by atoms with Gasteiger partial charge in [-0.2, -0.15) is 4.98 Å². The smallest absolute Gasteiger partial charge is 0.326 e. The van der Waals surface area contributed by atoms with Gasteiger partial charge >= 0.3 is 11.9 Å². The number of aromatic amines is 1. The molecule has 0 fully saturated rings. The maximum Gasteiger partial charge on any atom is 0.326 e. The average molecular weight is 475 g/mol. The first kappa shape index (κ1) is 23.7. The fourth-order valence-electron chi connectivity index (χ4n) is 3.40. The predicted octanol–water partition coefficient (Wildman–Crippen LogP) is 1.09. The van der Waals surface area contributed by atoms with Gasteiger partial charge in [-0.3, -0.25) is 14.4 Å². The Morgan fingerprint density at radius 1 is 1.21 bits per heavy atom. The lowest BCUT2D eigenvalue weighted by atomic mass is 9.94. The van der Waals surface area contributed by atoms with Crippen LogP contribution < -0.4 is 11.1 Å². The standard InChI is InChI=1S/C20H21N5O7S/c1-8-23-17-16(19(30)24-8)10(7-22-17)9(6-14(21)26)12-3-4-13(33-12)18(29)25-11(20(31)32)2-5-15(27)28/h3-4,7,9,11H,2,5-6H2,1H3,(H2,21,26)(H,25,29)(H,27,28)(H,31,32)(H2,22,23,24,30)/t9?,11-/m0/s1. The molecule has 0 aromatic carbocycles. The molecule has 0 saturated carbocycles. The van der Waals surface area contributed by atoms with Gasteiger partial charge in [-0.1, -0.05) is 0 Å². The third-order valence-corrected chi connectivity index (χ3v) is 6.08. The molecular weight excluding hydrogens is 454 g/mol. The quantitative estimate of drug-likeness (QED) is 0.247. The normalized spacial score (nSPS) is 12.9. The molecule has 12 nitrogen and oxygen atoms in total. The number of nitrogens with zero attached hydrogens (tertiary/aromatic N) is 2. The van der Waals surface area contributed by atoms with Crippen molar-refractivity contribution in [1.82, 2.24) is 20.3 Å². The molecule has 174 valence electrons. The Kier molecular flexibility index (Phi) is 6.92. The van der Waals surface area contributed by atoms with Crippen LogP contribution in [-0.2, 0) is 14.4 Å². The van der Waals surface area contributed by atoms with Crippen molar-refractivity contribution in [1.29, 1.82) is 0 Å². The number of aromatic nitrogens is 3. The van der Waals surface area contributed by atoms with Crippen LogP contribution in [-0.4, -0.2) is 60.1 Å². The monoisotopic (exact) mass is 475 g/mol. The minimum absolute atomic E-state index is 0.127. The SMILES string of the molecule is Cc1nc(O)c2c(C(CC(N)=O)c3ccc(C(=O)N[C@@H](CCC(=O)O)C(=O)O)s3)c[nH]c2n1. The number of rotatable bonds is 10. The number of carboxylic acids is 2. The van der Waals surface area contributed by atoms with Crippen molar-refractivity contribution in [2.24, 2.45) is 5.73 Å². The summed E-state index contributed by atoms with van der Waals surface area (Å²) < 4.78 is 0. The van der Waals surface area contributed by atoms with Crippen molar-refractivity contribution < 1.29 is 34.5 Å².